The summed E-state index contributed by atoms with van der Waals surface area (Å²) < 4.78 is 2.38. The van der Waals surface area contributed by atoms with Gasteiger partial charge in [-0.25, -0.2) is 0 Å². The Labute approximate surface area is 315 Å². The number of fused-ring (bicyclic) bond motifs is 4. The first kappa shape index (κ1) is 31.6. The Balaban J connectivity index is 1.04. The van der Waals surface area contributed by atoms with Crippen molar-refractivity contribution in [3.8, 4) is 39.1 Å². The minimum Gasteiger partial charge on any atom is -0.310 e. The van der Waals surface area contributed by atoms with E-state index in [2.05, 4.69) is 228 Å². The molecular formula is C52H36N2. The zero-order chi connectivity index (χ0) is 35.8. The third-order valence-corrected chi connectivity index (χ3v) is 10.6. The first-order valence-corrected chi connectivity index (χ1v) is 18.5. The van der Waals surface area contributed by atoms with Gasteiger partial charge in [0.2, 0.25) is 0 Å². The largest absolute Gasteiger partial charge is 0.310 e. The molecule has 0 aliphatic heterocycles. The van der Waals surface area contributed by atoms with Crippen LogP contribution in [-0.2, 0) is 0 Å². The zero-order valence-electron chi connectivity index (χ0n) is 29.7. The second-order valence-electron chi connectivity index (χ2n) is 13.8. The fourth-order valence-electron chi connectivity index (χ4n) is 7.98. The summed E-state index contributed by atoms with van der Waals surface area (Å²) in [5.41, 5.74) is 14.1. The SMILES string of the molecule is c1ccc(-c2ccc(N(c3ccc(-c4ccc(-c5cccc6ccccc56)cc4)cc3)c3cccc(-n4c5ccccc5c5ccccc54)c3)cc2)cc1. The maximum Gasteiger partial charge on any atom is 0.0541 e. The normalized spacial score (nSPS) is 11.3. The standard InChI is InChI=1S/C52H36N2/c1-2-12-37(13-3-1)39-28-32-43(33-29-39)53(45-16-11-17-46(36-45)54-51-22-8-6-19-49(51)50-20-7-9-23-52(50)54)44-34-30-40(31-35-44)38-24-26-42(27-25-38)48-21-10-15-41-14-4-5-18-47(41)48/h1-36H. The van der Waals surface area contributed by atoms with Crippen LogP contribution < -0.4 is 4.90 Å². The molecular weight excluding hydrogens is 653 g/mol. The van der Waals surface area contributed by atoms with Crippen LogP contribution in [0.3, 0.4) is 0 Å². The molecule has 1 heterocycles. The molecule has 0 unspecified atom stereocenters. The highest BCUT2D eigenvalue weighted by molar-refractivity contribution is 6.09. The van der Waals surface area contributed by atoms with Crippen molar-refractivity contribution < 1.29 is 0 Å². The van der Waals surface area contributed by atoms with Gasteiger partial charge in [0, 0.05) is 33.5 Å². The molecule has 2 heteroatoms. The lowest BCUT2D eigenvalue weighted by Gasteiger charge is -2.26. The van der Waals surface area contributed by atoms with E-state index in [9.17, 15) is 0 Å². The number of aromatic nitrogens is 1. The van der Waals surface area contributed by atoms with E-state index >= 15 is 0 Å². The number of nitrogens with zero attached hydrogens (tertiary/aromatic N) is 2. The Hall–Kier alpha value is -7.16. The molecule has 0 fully saturated rings. The quantitative estimate of drug-likeness (QED) is 0.162. The smallest absolute Gasteiger partial charge is 0.0541 e. The van der Waals surface area contributed by atoms with Crippen molar-refractivity contribution in [2.24, 2.45) is 0 Å². The van der Waals surface area contributed by atoms with Gasteiger partial charge in [-0.3, -0.25) is 0 Å². The summed E-state index contributed by atoms with van der Waals surface area (Å²) >= 11 is 0. The molecule has 0 bridgehead atoms. The predicted molar refractivity (Wildman–Crippen MR) is 229 cm³/mol. The predicted octanol–water partition coefficient (Wildman–Crippen LogP) is 14.4. The average molecular weight is 689 g/mol. The molecule has 254 valence electrons. The molecule has 10 aromatic rings. The third kappa shape index (κ3) is 5.62. The van der Waals surface area contributed by atoms with Crippen molar-refractivity contribution in [1.82, 2.24) is 4.57 Å². The van der Waals surface area contributed by atoms with E-state index in [1.165, 1.54) is 66.0 Å². The van der Waals surface area contributed by atoms with Gasteiger partial charge in [-0.15, -0.1) is 0 Å². The Morgan fingerprint density at radius 3 is 1.39 bits per heavy atom. The Kier molecular flexibility index (Phi) is 7.85. The van der Waals surface area contributed by atoms with Crippen LogP contribution in [0, 0.1) is 0 Å². The topological polar surface area (TPSA) is 8.17 Å². The van der Waals surface area contributed by atoms with E-state index in [-0.39, 0.29) is 0 Å². The van der Waals surface area contributed by atoms with Gasteiger partial charge in [-0.2, -0.15) is 0 Å². The minimum absolute atomic E-state index is 1.09. The Morgan fingerprint density at radius 1 is 0.296 bits per heavy atom. The van der Waals surface area contributed by atoms with E-state index in [1.807, 2.05) is 0 Å². The van der Waals surface area contributed by atoms with Gasteiger partial charge in [0.1, 0.15) is 0 Å². The van der Waals surface area contributed by atoms with E-state index < -0.39 is 0 Å². The molecule has 1 aromatic heterocycles. The van der Waals surface area contributed by atoms with Crippen LogP contribution in [0.25, 0.3) is 71.6 Å². The number of anilines is 3. The zero-order valence-corrected chi connectivity index (χ0v) is 29.7. The molecule has 2 nitrogen and oxygen atoms in total. The fourth-order valence-corrected chi connectivity index (χ4v) is 7.98. The summed E-state index contributed by atoms with van der Waals surface area (Å²) in [7, 11) is 0. The van der Waals surface area contributed by atoms with E-state index in [4.69, 9.17) is 0 Å². The van der Waals surface area contributed by atoms with Crippen LogP contribution in [0.5, 0.6) is 0 Å². The first-order chi connectivity index (χ1) is 26.8. The van der Waals surface area contributed by atoms with Crippen LogP contribution in [0.4, 0.5) is 17.1 Å². The number of benzene rings is 9. The molecule has 0 amide bonds. The number of para-hydroxylation sites is 2. The summed E-state index contributed by atoms with van der Waals surface area (Å²) in [5, 5.41) is 5.05. The summed E-state index contributed by atoms with van der Waals surface area (Å²) in [5.74, 6) is 0. The third-order valence-electron chi connectivity index (χ3n) is 10.6. The van der Waals surface area contributed by atoms with Crippen LogP contribution in [0.2, 0.25) is 0 Å². The molecule has 10 rings (SSSR count). The lowest BCUT2D eigenvalue weighted by molar-refractivity contribution is 1.17. The molecule has 0 spiro atoms. The van der Waals surface area contributed by atoms with Gasteiger partial charge in [0.25, 0.3) is 0 Å². The monoisotopic (exact) mass is 688 g/mol. The fraction of sp³-hybridized carbons (Fsp3) is 0. The van der Waals surface area contributed by atoms with Crippen LogP contribution in [0.1, 0.15) is 0 Å². The summed E-state index contributed by atoms with van der Waals surface area (Å²) in [4.78, 5) is 2.36. The number of hydrogen-bond donors (Lipinski definition) is 0. The highest BCUT2D eigenvalue weighted by Crippen LogP contribution is 2.39. The molecule has 0 N–H and O–H groups in total. The second kappa shape index (κ2) is 13.4. The molecule has 0 saturated heterocycles. The molecule has 0 radical (unpaired) electrons. The van der Waals surface area contributed by atoms with Crippen molar-refractivity contribution in [1.29, 1.82) is 0 Å². The first-order valence-electron chi connectivity index (χ1n) is 18.5. The summed E-state index contributed by atoms with van der Waals surface area (Å²) in [6, 6.07) is 78.8. The van der Waals surface area contributed by atoms with Gasteiger partial charge >= 0.3 is 0 Å². The Bertz CT molecular complexity index is 2840. The van der Waals surface area contributed by atoms with Crippen molar-refractivity contribution in [2.45, 2.75) is 0 Å². The van der Waals surface area contributed by atoms with E-state index in [1.54, 1.807) is 0 Å². The van der Waals surface area contributed by atoms with Crippen molar-refractivity contribution in [3.05, 3.63) is 218 Å². The van der Waals surface area contributed by atoms with Crippen LogP contribution in [0.15, 0.2) is 218 Å². The van der Waals surface area contributed by atoms with Crippen LogP contribution in [-0.4, -0.2) is 4.57 Å². The number of rotatable bonds is 7. The van der Waals surface area contributed by atoms with Gasteiger partial charge in [-0.05, 0) is 98.8 Å². The highest BCUT2D eigenvalue weighted by Gasteiger charge is 2.17. The molecule has 0 saturated carbocycles. The Morgan fingerprint density at radius 2 is 0.759 bits per heavy atom. The lowest BCUT2D eigenvalue weighted by atomic mass is 9.96. The lowest BCUT2D eigenvalue weighted by Crippen LogP contribution is -2.10. The van der Waals surface area contributed by atoms with Crippen molar-refractivity contribution in [2.75, 3.05) is 4.90 Å². The second-order valence-corrected chi connectivity index (χ2v) is 13.8. The average Bonchev–Trinajstić information content (AvgIpc) is 3.59. The van der Waals surface area contributed by atoms with E-state index in [0.717, 1.165) is 22.7 Å². The number of hydrogen-bond acceptors (Lipinski definition) is 1. The molecule has 0 aliphatic rings. The van der Waals surface area contributed by atoms with Gasteiger partial charge in [-0.1, -0.05) is 164 Å². The maximum absolute atomic E-state index is 2.38. The molecule has 54 heavy (non-hydrogen) atoms. The highest BCUT2D eigenvalue weighted by atomic mass is 15.1. The molecule has 0 atom stereocenters. The molecule has 0 aliphatic carbocycles. The minimum atomic E-state index is 1.09. The van der Waals surface area contributed by atoms with Gasteiger partial charge in [0.15, 0.2) is 0 Å². The molecule has 9 aromatic carbocycles. The van der Waals surface area contributed by atoms with Gasteiger partial charge < -0.3 is 9.47 Å². The van der Waals surface area contributed by atoms with Gasteiger partial charge in [0.05, 0.1) is 11.0 Å². The van der Waals surface area contributed by atoms with Crippen molar-refractivity contribution >= 4 is 49.6 Å². The summed E-state index contributed by atoms with van der Waals surface area (Å²) in [6.07, 6.45) is 0. The maximum atomic E-state index is 2.38. The van der Waals surface area contributed by atoms with E-state index in [0.29, 0.717) is 0 Å². The summed E-state index contributed by atoms with van der Waals surface area (Å²) in [6.45, 7) is 0. The van der Waals surface area contributed by atoms with Crippen LogP contribution >= 0.6 is 0 Å². The van der Waals surface area contributed by atoms with Crippen molar-refractivity contribution in [3.63, 3.8) is 0 Å².